The molecule has 2 aromatic rings. The summed E-state index contributed by atoms with van der Waals surface area (Å²) in [6.45, 7) is 2.42. The summed E-state index contributed by atoms with van der Waals surface area (Å²) in [5.74, 6) is 4.40. The van der Waals surface area contributed by atoms with Gasteiger partial charge in [-0.05, 0) is 85.0 Å². The molecule has 2 fully saturated rings. The summed E-state index contributed by atoms with van der Waals surface area (Å²) in [5.41, 5.74) is 3.02. The van der Waals surface area contributed by atoms with Crippen molar-refractivity contribution in [2.45, 2.75) is 89.4 Å². The van der Waals surface area contributed by atoms with E-state index < -0.39 is 0 Å². The third-order valence-electron chi connectivity index (χ3n) is 8.19. The lowest BCUT2D eigenvalue weighted by Gasteiger charge is -2.33. The lowest BCUT2D eigenvalue weighted by atomic mass is 9.73. The maximum atomic E-state index is 6.05. The molecule has 2 aromatic carbocycles. The van der Waals surface area contributed by atoms with Crippen molar-refractivity contribution < 1.29 is 0 Å². The second kappa shape index (κ2) is 10.9. The molecule has 0 aliphatic heterocycles. The Bertz CT molecular complexity index is 734. The third-order valence-corrected chi connectivity index (χ3v) is 8.45. The summed E-state index contributed by atoms with van der Waals surface area (Å²) in [4.78, 5) is 0. The SMILES string of the molecule is C[C@@H](CC1CCC(CCC2CCC(c3ccc(Cl)cc3)CC2)CC1)c1ccccc1. The molecule has 0 nitrogen and oxygen atoms in total. The zero-order chi connectivity index (χ0) is 20.8. The van der Waals surface area contributed by atoms with Crippen molar-refractivity contribution in [3.63, 3.8) is 0 Å². The summed E-state index contributed by atoms with van der Waals surface area (Å²) in [7, 11) is 0. The van der Waals surface area contributed by atoms with Gasteiger partial charge >= 0.3 is 0 Å². The normalized spacial score (nSPS) is 28.2. The zero-order valence-electron chi connectivity index (χ0n) is 18.7. The fraction of sp³-hybridized carbons (Fsp3) is 0.586. The van der Waals surface area contributed by atoms with E-state index in [2.05, 4.69) is 61.5 Å². The summed E-state index contributed by atoms with van der Waals surface area (Å²) >= 11 is 6.05. The molecule has 0 amide bonds. The third kappa shape index (κ3) is 6.13. The average Bonchev–Trinajstić information content (AvgIpc) is 2.80. The molecular formula is C29H39Cl. The first-order valence-electron chi connectivity index (χ1n) is 12.5. The van der Waals surface area contributed by atoms with Gasteiger partial charge in [0.15, 0.2) is 0 Å². The molecule has 4 rings (SSSR count). The van der Waals surface area contributed by atoms with Gasteiger partial charge in [-0.3, -0.25) is 0 Å². The molecule has 2 saturated carbocycles. The Labute approximate surface area is 189 Å². The van der Waals surface area contributed by atoms with Crippen LogP contribution < -0.4 is 0 Å². The van der Waals surface area contributed by atoms with E-state index in [1.54, 1.807) is 0 Å². The number of hydrogen-bond acceptors (Lipinski definition) is 0. The highest BCUT2D eigenvalue weighted by Gasteiger charge is 2.26. The molecule has 0 aromatic heterocycles. The Hall–Kier alpha value is -1.27. The second-order valence-corrected chi connectivity index (χ2v) is 10.7. The van der Waals surface area contributed by atoms with Crippen molar-refractivity contribution in [3.8, 4) is 0 Å². The van der Waals surface area contributed by atoms with E-state index in [9.17, 15) is 0 Å². The van der Waals surface area contributed by atoms with Crippen molar-refractivity contribution in [2.75, 3.05) is 0 Å². The lowest BCUT2D eigenvalue weighted by Crippen LogP contribution is -2.18. The molecule has 0 spiro atoms. The first-order valence-corrected chi connectivity index (χ1v) is 12.9. The quantitative estimate of drug-likeness (QED) is 0.416. The number of hydrogen-bond donors (Lipinski definition) is 0. The maximum Gasteiger partial charge on any atom is 0.0406 e. The Balaban J connectivity index is 1.13. The van der Waals surface area contributed by atoms with Gasteiger partial charge in [0.05, 0.1) is 0 Å². The van der Waals surface area contributed by atoms with E-state index in [1.165, 1.54) is 81.8 Å². The van der Waals surface area contributed by atoms with Crippen LogP contribution in [-0.2, 0) is 0 Å². The minimum atomic E-state index is 0.712. The Morgan fingerprint density at radius 3 is 1.83 bits per heavy atom. The van der Waals surface area contributed by atoms with Gasteiger partial charge in [0.2, 0.25) is 0 Å². The first-order chi connectivity index (χ1) is 14.7. The molecule has 30 heavy (non-hydrogen) atoms. The minimum Gasteiger partial charge on any atom is -0.0843 e. The summed E-state index contributed by atoms with van der Waals surface area (Å²) in [6.07, 6.45) is 15.8. The predicted molar refractivity (Wildman–Crippen MR) is 130 cm³/mol. The summed E-state index contributed by atoms with van der Waals surface area (Å²) in [5, 5.41) is 0.858. The van der Waals surface area contributed by atoms with E-state index in [-0.39, 0.29) is 0 Å². The van der Waals surface area contributed by atoms with Crippen molar-refractivity contribution in [3.05, 3.63) is 70.7 Å². The predicted octanol–water partition coefficient (Wildman–Crippen LogP) is 9.39. The topological polar surface area (TPSA) is 0 Å². The van der Waals surface area contributed by atoms with Gasteiger partial charge < -0.3 is 0 Å². The van der Waals surface area contributed by atoms with Crippen LogP contribution in [0.15, 0.2) is 54.6 Å². The highest BCUT2D eigenvalue weighted by molar-refractivity contribution is 6.30. The summed E-state index contributed by atoms with van der Waals surface area (Å²) < 4.78 is 0. The van der Waals surface area contributed by atoms with Gasteiger partial charge in [-0.15, -0.1) is 0 Å². The van der Waals surface area contributed by atoms with Crippen LogP contribution in [0.25, 0.3) is 0 Å². The molecule has 1 atom stereocenters. The van der Waals surface area contributed by atoms with E-state index in [0.29, 0.717) is 5.92 Å². The molecule has 0 bridgehead atoms. The fourth-order valence-electron chi connectivity index (χ4n) is 6.16. The van der Waals surface area contributed by atoms with Gasteiger partial charge in [-0.25, -0.2) is 0 Å². The Kier molecular flexibility index (Phi) is 7.94. The highest BCUT2D eigenvalue weighted by atomic mass is 35.5. The molecule has 0 N–H and O–H groups in total. The van der Waals surface area contributed by atoms with Crippen LogP contribution in [0.1, 0.15) is 101 Å². The number of benzene rings is 2. The molecule has 0 saturated heterocycles. The molecule has 1 heteroatoms. The lowest BCUT2D eigenvalue weighted by molar-refractivity contribution is 0.220. The maximum absolute atomic E-state index is 6.05. The molecular weight excluding hydrogens is 384 g/mol. The number of rotatable bonds is 7. The van der Waals surface area contributed by atoms with E-state index in [1.807, 2.05) is 0 Å². The van der Waals surface area contributed by atoms with Crippen LogP contribution in [0.3, 0.4) is 0 Å². The molecule has 162 valence electrons. The molecule has 2 aliphatic carbocycles. The molecule has 0 heterocycles. The second-order valence-electron chi connectivity index (χ2n) is 10.3. The van der Waals surface area contributed by atoms with Crippen LogP contribution in [-0.4, -0.2) is 0 Å². The van der Waals surface area contributed by atoms with Gasteiger partial charge in [0, 0.05) is 5.02 Å². The van der Waals surface area contributed by atoms with Crippen LogP contribution in [0.4, 0.5) is 0 Å². The van der Waals surface area contributed by atoms with E-state index >= 15 is 0 Å². The summed E-state index contributed by atoms with van der Waals surface area (Å²) in [6, 6.07) is 19.7. The zero-order valence-corrected chi connectivity index (χ0v) is 19.5. The Morgan fingerprint density at radius 1 is 0.700 bits per heavy atom. The highest BCUT2D eigenvalue weighted by Crippen LogP contribution is 2.41. The standard InChI is InChI=1S/C29H39Cl/c1-22(26-5-3-2-4-6-26)21-25-11-9-23(10-12-25)7-8-24-13-15-27(16-14-24)28-17-19-29(30)20-18-28/h2-6,17-20,22-25,27H,7-16,21H2,1H3/t22-,23?,24?,25?,27?/m0/s1. The van der Waals surface area contributed by atoms with Gasteiger partial charge in [0.1, 0.15) is 0 Å². The van der Waals surface area contributed by atoms with Gasteiger partial charge in [-0.2, -0.15) is 0 Å². The van der Waals surface area contributed by atoms with Crippen LogP contribution in [0, 0.1) is 17.8 Å². The molecule has 2 aliphatic rings. The Morgan fingerprint density at radius 2 is 1.23 bits per heavy atom. The number of halogens is 1. The van der Waals surface area contributed by atoms with Crippen LogP contribution in [0.2, 0.25) is 5.02 Å². The first kappa shape index (κ1) is 21.9. The smallest absolute Gasteiger partial charge is 0.0406 e. The van der Waals surface area contributed by atoms with Crippen molar-refractivity contribution in [2.24, 2.45) is 17.8 Å². The van der Waals surface area contributed by atoms with Crippen molar-refractivity contribution in [1.29, 1.82) is 0 Å². The minimum absolute atomic E-state index is 0.712. The molecule has 0 radical (unpaired) electrons. The molecule has 0 unspecified atom stereocenters. The van der Waals surface area contributed by atoms with Crippen molar-refractivity contribution >= 4 is 11.6 Å². The largest absolute Gasteiger partial charge is 0.0843 e. The van der Waals surface area contributed by atoms with Crippen LogP contribution in [0.5, 0.6) is 0 Å². The fourth-order valence-corrected chi connectivity index (χ4v) is 6.29. The van der Waals surface area contributed by atoms with E-state index in [0.717, 1.165) is 28.7 Å². The average molecular weight is 423 g/mol. The monoisotopic (exact) mass is 422 g/mol. The van der Waals surface area contributed by atoms with E-state index in [4.69, 9.17) is 11.6 Å². The van der Waals surface area contributed by atoms with Gasteiger partial charge in [-0.1, -0.05) is 99.5 Å². The van der Waals surface area contributed by atoms with Gasteiger partial charge in [0.25, 0.3) is 0 Å². The van der Waals surface area contributed by atoms with Crippen molar-refractivity contribution in [1.82, 2.24) is 0 Å². The van der Waals surface area contributed by atoms with Crippen LogP contribution >= 0.6 is 11.6 Å².